The summed E-state index contributed by atoms with van der Waals surface area (Å²) in [5.74, 6) is -0.811. The molecule has 5 aromatic rings. The number of aliphatic carboxylic acids is 1. The molecule has 0 spiro atoms. The van der Waals surface area contributed by atoms with Crippen LogP contribution < -0.4 is 5.32 Å². The molecule has 0 fully saturated rings. The van der Waals surface area contributed by atoms with Crippen LogP contribution in [0.4, 0.5) is 0 Å². The molecule has 0 unspecified atom stereocenters. The lowest BCUT2D eigenvalue weighted by molar-refractivity contribution is -0.137. The summed E-state index contributed by atoms with van der Waals surface area (Å²) < 4.78 is 1.85. The van der Waals surface area contributed by atoms with E-state index in [0.717, 1.165) is 46.4 Å². The molecule has 0 aliphatic heterocycles. The Balaban J connectivity index is 1.33. The summed E-state index contributed by atoms with van der Waals surface area (Å²) in [4.78, 5) is 24.7. The molecule has 0 bridgehead atoms. The third-order valence-electron chi connectivity index (χ3n) is 6.79. The Bertz CT molecular complexity index is 1600. The highest BCUT2D eigenvalue weighted by molar-refractivity contribution is 5.93. The number of amides is 1. The molecule has 1 amide bonds. The van der Waals surface area contributed by atoms with E-state index in [2.05, 4.69) is 38.0 Å². The number of nitrogens with zero attached hydrogens (tertiary/aromatic N) is 5. The Labute approximate surface area is 237 Å². The molecular weight excluding hydrogens is 518 g/mol. The maximum absolute atomic E-state index is 13.2. The first kappa shape index (κ1) is 27.4. The van der Waals surface area contributed by atoms with Gasteiger partial charge in [0.2, 0.25) is 5.82 Å². The van der Waals surface area contributed by atoms with Crippen LogP contribution >= 0.6 is 0 Å². The monoisotopic (exact) mass is 549 g/mol. The maximum Gasteiger partial charge on any atom is 0.305 e. The van der Waals surface area contributed by atoms with Gasteiger partial charge in [-0.3, -0.25) is 14.3 Å². The Morgan fingerprint density at radius 2 is 1.68 bits per heavy atom. The quantitative estimate of drug-likeness (QED) is 0.208. The second-order valence-electron chi connectivity index (χ2n) is 9.86. The molecule has 41 heavy (non-hydrogen) atoms. The van der Waals surface area contributed by atoms with Crippen LogP contribution in [-0.2, 0) is 24.2 Å². The van der Waals surface area contributed by atoms with E-state index < -0.39 is 12.0 Å². The molecule has 10 nitrogen and oxygen atoms in total. The first-order valence-corrected chi connectivity index (χ1v) is 13.6. The number of benzene rings is 3. The third kappa shape index (κ3) is 6.91. The smallest absolute Gasteiger partial charge is 0.305 e. The van der Waals surface area contributed by atoms with Gasteiger partial charge in [0.25, 0.3) is 5.91 Å². The number of nitrogens with one attached hydrogen (secondary N) is 2. The molecule has 0 aliphatic rings. The van der Waals surface area contributed by atoms with E-state index in [1.165, 1.54) is 0 Å². The van der Waals surface area contributed by atoms with Crippen molar-refractivity contribution in [2.45, 2.75) is 45.2 Å². The average molecular weight is 550 g/mol. The zero-order valence-corrected chi connectivity index (χ0v) is 22.7. The van der Waals surface area contributed by atoms with Crippen LogP contribution in [0.15, 0.2) is 84.9 Å². The molecule has 0 saturated carbocycles. The fraction of sp³-hybridized carbons (Fsp3) is 0.226. The Morgan fingerprint density at radius 3 is 2.37 bits per heavy atom. The number of tetrazole rings is 1. The van der Waals surface area contributed by atoms with Crippen LogP contribution in [0.25, 0.3) is 22.5 Å². The van der Waals surface area contributed by atoms with Crippen molar-refractivity contribution in [3.63, 3.8) is 0 Å². The van der Waals surface area contributed by atoms with Crippen molar-refractivity contribution in [3.8, 4) is 22.5 Å². The Kier molecular flexibility index (Phi) is 8.58. The normalized spacial score (nSPS) is 11.7. The van der Waals surface area contributed by atoms with Gasteiger partial charge in [0.05, 0.1) is 13.0 Å². The summed E-state index contributed by atoms with van der Waals surface area (Å²) >= 11 is 0. The zero-order valence-electron chi connectivity index (χ0n) is 22.7. The van der Waals surface area contributed by atoms with E-state index in [4.69, 9.17) is 0 Å². The molecule has 2 heterocycles. The first-order chi connectivity index (χ1) is 20.0. The SMILES string of the molecule is CCCc1cc(C(=O)N[C@@H](CC(=O)O)Cc2ccccc2)nn1Cc1ccc(-c2ccccc2-c2nn[nH]n2)cc1. The number of hydrogen-bond donors (Lipinski definition) is 3. The van der Waals surface area contributed by atoms with Gasteiger partial charge >= 0.3 is 5.97 Å². The van der Waals surface area contributed by atoms with Crippen molar-refractivity contribution in [2.24, 2.45) is 0 Å². The molecule has 208 valence electrons. The summed E-state index contributed by atoms with van der Waals surface area (Å²) in [7, 11) is 0. The molecule has 1 atom stereocenters. The molecule has 0 aliphatic carbocycles. The van der Waals surface area contributed by atoms with E-state index in [9.17, 15) is 14.7 Å². The summed E-state index contributed by atoms with van der Waals surface area (Å²) in [5.41, 5.74) is 6.12. The van der Waals surface area contributed by atoms with Crippen molar-refractivity contribution in [3.05, 3.63) is 107 Å². The lowest BCUT2D eigenvalue weighted by atomic mass is 9.98. The molecular formula is C31H31N7O3. The number of aromatic nitrogens is 6. The number of aromatic amines is 1. The van der Waals surface area contributed by atoms with Gasteiger partial charge in [-0.25, -0.2) is 0 Å². The third-order valence-corrected chi connectivity index (χ3v) is 6.79. The number of H-pyrrole nitrogens is 1. The standard InChI is InChI=1S/C31H31N7O3/c1-2-8-25-19-28(31(41)32-24(18-29(39)40)17-21-9-4-3-5-10-21)35-38(25)20-22-13-15-23(16-14-22)26-11-6-7-12-27(26)30-33-36-37-34-30/h3-7,9-16,19,24H,2,8,17-18,20H2,1H3,(H,32,41)(H,39,40)(H,33,34,36,37)/t24-/m1/s1. The summed E-state index contributed by atoms with van der Waals surface area (Å²) in [5, 5.41) is 31.3. The van der Waals surface area contributed by atoms with Gasteiger partial charge in [-0.05, 0) is 46.4 Å². The molecule has 10 heteroatoms. The lowest BCUT2D eigenvalue weighted by Gasteiger charge is -2.16. The van der Waals surface area contributed by atoms with E-state index in [1.54, 1.807) is 6.07 Å². The number of carbonyl (C=O) groups excluding carboxylic acids is 1. The maximum atomic E-state index is 13.2. The Hall–Kier alpha value is -5.12. The van der Waals surface area contributed by atoms with Gasteiger partial charge in [-0.1, -0.05) is 92.2 Å². The number of aryl methyl sites for hydroxylation is 1. The van der Waals surface area contributed by atoms with Crippen LogP contribution in [0, 0.1) is 0 Å². The van der Waals surface area contributed by atoms with Gasteiger partial charge in [-0.2, -0.15) is 10.3 Å². The predicted octanol–water partition coefficient (Wildman–Crippen LogP) is 4.55. The van der Waals surface area contributed by atoms with E-state index in [1.807, 2.05) is 83.5 Å². The number of carboxylic acids is 1. The molecule has 3 aromatic carbocycles. The second-order valence-corrected chi connectivity index (χ2v) is 9.86. The van der Waals surface area contributed by atoms with Gasteiger partial charge < -0.3 is 10.4 Å². The highest BCUT2D eigenvalue weighted by atomic mass is 16.4. The number of carboxylic acid groups (broad SMARTS) is 1. The second kappa shape index (κ2) is 12.8. The minimum absolute atomic E-state index is 0.175. The van der Waals surface area contributed by atoms with Crippen molar-refractivity contribution < 1.29 is 14.7 Å². The van der Waals surface area contributed by atoms with E-state index >= 15 is 0 Å². The van der Waals surface area contributed by atoms with Crippen LogP contribution in [0.3, 0.4) is 0 Å². The summed E-state index contributed by atoms with van der Waals surface area (Å²) in [6, 6.07) is 26.9. The number of rotatable bonds is 12. The van der Waals surface area contributed by atoms with Crippen molar-refractivity contribution in [1.29, 1.82) is 0 Å². The fourth-order valence-corrected chi connectivity index (χ4v) is 4.87. The van der Waals surface area contributed by atoms with E-state index in [0.29, 0.717) is 18.8 Å². The number of carbonyl (C=O) groups is 2. The molecule has 5 rings (SSSR count). The lowest BCUT2D eigenvalue weighted by Crippen LogP contribution is -2.38. The minimum atomic E-state index is -0.966. The predicted molar refractivity (Wildman–Crippen MR) is 154 cm³/mol. The van der Waals surface area contributed by atoms with Gasteiger partial charge in [0, 0.05) is 17.3 Å². The van der Waals surface area contributed by atoms with Crippen LogP contribution in [0.1, 0.15) is 47.1 Å². The van der Waals surface area contributed by atoms with Crippen LogP contribution in [0.2, 0.25) is 0 Å². The highest BCUT2D eigenvalue weighted by Crippen LogP contribution is 2.30. The molecule has 0 saturated heterocycles. The summed E-state index contributed by atoms with van der Waals surface area (Å²) in [6.45, 7) is 2.58. The van der Waals surface area contributed by atoms with Crippen LogP contribution in [-0.4, -0.2) is 53.4 Å². The number of hydrogen-bond acceptors (Lipinski definition) is 6. The molecule has 3 N–H and O–H groups in total. The van der Waals surface area contributed by atoms with E-state index in [-0.39, 0.29) is 18.0 Å². The van der Waals surface area contributed by atoms with Crippen LogP contribution in [0.5, 0.6) is 0 Å². The topological polar surface area (TPSA) is 139 Å². The summed E-state index contributed by atoms with van der Waals surface area (Å²) in [6.07, 6.45) is 1.90. The average Bonchev–Trinajstić information content (AvgIpc) is 3.65. The highest BCUT2D eigenvalue weighted by Gasteiger charge is 2.21. The molecule has 0 radical (unpaired) electrons. The largest absolute Gasteiger partial charge is 0.481 e. The first-order valence-electron chi connectivity index (χ1n) is 13.6. The van der Waals surface area contributed by atoms with Gasteiger partial charge in [0.1, 0.15) is 5.69 Å². The Morgan fingerprint density at radius 1 is 0.951 bits per heavy atom. The van der Waals surface area contributed by atoms with Gasteiger partial charge in [0.15, 0.2) is 0 Å². The van der Waals surface area contributed by atoms with Gasteiger partial charge in [-0.15, -0.1) is 10.2 Å². The van der Waals surface area contributed by atoms with Crippen molar-refractivity contribution in [2.75, 3.05) is 0 Å². The van der Waals surface area contributed by atoms with Crippen molar-refractivity contribution in [1.82, 2.24) is 35.7 Å². The zero-order chi connectivity index (χ0) is 28.6. The molecule has 2 aromatic heterocycles. The van der Waals surface area contributed by atoms with Crippen molar-refractivity contribution >= 4 is 11.9 Å². The minimum Gasteiger partial charge on any atom is -0.481 e. The fourth-order valence-electron chi connectivity index (χ4n) is 4.87.